The van der Waals surface area contributed by atoms with Crippen molar-refractivity contribution in [1.82, 2.24) is 9.78 Å². The van der Waals surface area contributed by atoms with Crippen molar-refractivity contribution in [3.05, 3.63) is 65.6 Å². The molecule has 1 aliphatic rings. The van der Waals surface area contributed by atoms with Gasteiger partial charge in [0.2, 0.25) is 5.91 Å². The van der Waals surface area contributed by atoms with Crippen LogP contribution in [0, 0.1) is 11.3 Å². The van der Waals surface area contributed by atoms with Gasteiger partial charge in [0.15, 0.2) is 5.69 Å². The zero-order chi connectivity index (χ0) is 19.6. The van der Waals surface area contributed by atoms with Crippen molar-refractivity contribution in [2.75, 3.05) is 4.90 Å². The predicted molar refractivity (Wildman–Crippen MR) is 96.3 cm³/mol. The monoisotopic (exact) mass is 364 g/mol. The maximum atomic E-state index is 11.9. The van der Waals surface area contributed by atoms with Gasteiger partial charge >= 0.3 is 0 Å². The number of nitriles is 1. The van der Waals surface area contributed by atoms with Gasteiger partial charge in [0.1, 0.15) is 6.04 Å². The lowest BCUT2D eigenvalue weighted by atomic mass is 10.1. The number of rotatable bonds is 5. The van der Waals surface area contributed by atoms with Gasteiger partial charge in [-0.25, -0.2) is 4.68 Å². The van der Waals surface area contributed by atoms with Gasteiger partial charge in [-0.1, -0.05) is 12.1 Å². The van der Waals surface area contributed by atoms with Crippen LogP contribution in [0.2, 0.25) is 0 Å². The zero-order valence-electron chi connectivity index (χ0n) is 14.1. The fourth-order valence-corrected chi connectivity index (χ4v) is 2.70. The summed E-state index contributed by atoms with van der Waals surface area (Å²) in [5.41, 5.74) is 12.8. The van der Waals surface area contributed by atoms with E-state index in [1.807, 2.05) is 6.07 Å². The van der Waals surface area contributed by atoms with Gasteiger partial charge in [0.25, 0.3) is 5.91 Å². The van der Waals surface area contributed by atoms with Gasteiger partial charge in [0.05, 0.1) is 35.8 Å². The highest BCUT2D eigenvalue weighted by Crippen LogP contribution is 2.27. The molecule has 3 rings (SSSR count). The maximum Gasteiger partial charge on any atom is 0.271 e. The predicted octanol–water partition coefficient (Wildman–Crippen LogP) is 0.101. The summed E-state index contributed by atoms with van der Waals surface area (Å²) in [5, 5.41) is 22.4. The van der Waals surface area contributed by atoms with Crippen molar-refractivity contribution in [2.45, 2.75) is 12.6 Å². The Kier molecular flexibility index (Phi) is 4.74. The summed E-state index contributed by atoms with van der Waals surface area (Å²) in [6.45, 7) is -0.0937. The molecule has 1 unspecified atom stereocenters. The maximum absolute atomic E-state index is 11.9. The number of carbonyl (C=O) groups is 2. The van der Waals surface area contributed by atoms with E-state index in [0.717, 1.165) is 5.56 Å². The van der Waals surface area contributed by atoms with Crippen molar-refractivity contribution >= 4 is 17.5 Å². The number of anilines is 1. The lowest BCUT2D eigenvalue weighted by Gasteiger charge is -2.27. The van der Waals surface area contributed by atoms with Crippen LogP contribution in [0.15, 0.2) is 54.4 Å². The van der Waals surface area contributed by atoms with E-state index in [9.17, 15) is 9.59 Å². The third kappa shape index (κ3) is 3.42. The van der Waals surface area contributed by atoms with Crippen molar-refractivity contribution in [3.8, 4) is 11.8 Å². The number of amides is 2. The molecule has 0 bridgehead atoms. The number of aliphatic hydroxyl groups is 1. The normalized spacial score (nSPS) is 15.9. The summed E-state index contributed by atoms with van der Waals surface area (Å²) in [5.74, 6) is -1.47. The molecule has 0 saturated heterocycles. The minimum absolute atomic E-state index is 0.0501. The highest BCUT2D eigenvalue weighted by molar-refractivity contribution is 5.98. The zero-order valence-corrected chi connectivity index (χ0v) is 14.1. The molecule has 1 atom stereocenters. The van der Waals surface area contributed by atoms with Crippen LogP contribution in [0.4, 0.5) is 5.69 Å². The molecule has 9 heteroatoms. The van der Waals surface area contributed by atoms with E-state index >= 15 is 0 Å². The third-order valence-electron chi connectivity index (χ3n) is 4.06. The summed E-state index contributed by atoms with van der Waals surface area (Å²) in [4.78, 5) is 25.2. The minimum atomic E-state index is -0.961. The van der Waals surface area contributed by atoms with Crippen LogP contribution >= 0.6 is 0 Å². The second-order valence-corrected chi connectivity index (χ2v) is 5.80. The Bertz CT molecular complexity index is 997. The molecule has 1 aliphatic heterocycles. The van der Waals surface area contributed by atoms with E-state index in [0.29, 0.717) is 5.69 Å². The molecule has 2 aromatic rings. The third-order valence-corrected chi connectivity index (χ3v) is 4.06. The lowest BCUT2D eigenvalue weighted by Crippen LogP contribution is -2.42. The Morgan fingerprint density at radius 2 is 1.96 bits per heavy atom. The molecule has 0 saturated carbocycles. The number of allylic oxidation sites excluding steroid dienone is 2. The Labute approximate surface area is 154 Å². The van der Waals surface area contributed by atoms with E-state index in [1.165, 1.54) is 27.9 Å². The average Bonchev–Trinajstić information content (AvgIpc) is 3.13. The molecule has 5 N–H and O–H groups in total. The second kappa shape index (κ2) is 7.15. The second-order valence-electron chi connectivity index (χ2n) is 5.80. The molecule has 0 aliphatic carbocycles. The van der Waals surface area contributed by atoms with E-state index in [-0.39, 0.29) is 23.6 Å². The van der Waals surface area contributed by atoms with Gasteiger partial charge in [-0.15, -0.1) is 0 Å². The van der Waals surface area contributed by atoms with Crippen LogP contribution in [-0.2, 0) is 11.4 Å². The van der Waals surface area contributed by atoms with E-state index in [2.05, 4.69) is 5.10 Å². The molecule has 2 heterocycles. The number of hydrogen-bond donors (Lipinski definition) is 3. The largest absolute Gasteiger partial charge is 0.392 e. The van der Waals surface area contributed by atoms with Gasteiger partial charge in [-0.05, 0) is 29.8 Å². The van der Waals surface area contributed by atoms with Crippen LogP contribution in [-0.4, -0.2) is 32.7 Å². The van der Waals surface area contributed by atoms with Crippen molar-refractivity contribution in [1.29, 1.82) is 5.26 Å². The summed E-state index contributed by atoms with van der Waals surface area (Å²) in [6, 6.07) is 7.86. The van der Waals surface area contributed by atoms with Gasteiger partial charge in [-0.2, -0.15) is 10.4 Å². The number of benzene rings is 1. The van der Waals surface area contributed by atoms with Crippen molar-refractivity contribution in [3.63, 3.8) is 0 Å². The highest BCUT2D eigenvalue weighted by Gasteiger charge is 2.29. The Hall–Kier alpha value is -3.90. The molecular weight excluding hydrogens is 348 g/mol. The molecule has 1 aromatic carbocycles. The average molecular weight is 364 g/mol. The fraction of sp³-hybridized carbons (Fsp3) is 0.111. The van der Waals surface area contributed by atoms with Crippen molar-refractivity contribution < 1.29 is 14.7 Å². The molecule has 1 aromatic heterocycles. The first-order valence-corrected chi connectivity index (χ1v) is 7.92. The summed E-state index contributed by atoms with van der Waals surface area (Å²) in [6.07, 6.45) is 5.92. The lowest BCUT2D eigenvalue weighted by molar-refractivity contribution is -0.118. The number of nitrogens with two attached hydrogens (primary N) is 2. The number of aliphatic hydroxyl groups excluding tert-OH is 1. The topological polar surface area (TPSA) is 151 Å². The molecule has 9 nitrogen and oxygen atoms in total. The van der Waals surface area contributed by atoms with E-state index in [4.69, 9.17) is 21.8 Å². The van der Waals surface area contributed by atoms with E-state index < -0.39 is 17.9 Å². The smallest absolute Gasteiger partial charge is 0.271 e. The van der Waals surface area contributed by atoms with Gasteiger partial charge < -0.3 is 21.5 Å². The quantitative estimate of drug-likeness (QED) is 0.684. The van der Waals surface area contributed by atoms with Crippen LogP contribution in [0.1, 0.15) is 16.1 Å². The fourth-order valence-electron chi connectivity index (χ4n) is 2.70. The van der Waals surface area contributed by atoms with Crippen LogP contribution in [0.3, 0.4) is 0 Å². The molecular formula is C18H16N6O3. The number of hydrogen-bond acceptors (Lipinski definition) is 6. The first-order chi connectivity index (χ1) is 12.9. The molecule has 0 fully saturated rings. The number of primary amides is 2. The Balaban J connectivity index is 2.07. The summed E-state index contributed by atoms with van der Waals surface area (Å²) in [7, 11) is 0. The first-order valence-electron chi connectivity index (χ1n) is 7.92. The SMILES string of the molecule is N#CC1=CC(C(N)=O)N(c2cn(-c3ccc(CO)cc3)nc2C(N)=O)C=C1. The van der Waals surface area contributed by atoms with Crippen LogP contribution < -0.4 is 16.4 Å². The van der Waals surface area contributed by atoms with Gasteiger partial charge in [-0.3, -0.25) is 9.59 Å². The number of nitrogens with zero attached hydrogens (tertiary/aromatic N) is 4. The van der Waals surface area contributed by atoms with Crippen LogP contribution in [0.25, 0.3) is 5.69 Å². The number of aromatic nitrogens is 2. The van der Waals surface area contributed by atoms with Crippen molar-refractivity contribution in [2.24, 2.45) is 11.5 Å². The summed E-state index contributed by atoms with van der Waals surface area (Å²) >= 11 is 0. The molecule has 0 radical (unpaired) electrons. The van der Waals surface area contributed by atoms with E-state index in [1.54, 1.807) is 30.5 Å². The van der Waals surface area contributed by atoms with Gasteiger partial charge in [0, 0.05) is 6.20 Å². The molecule has 0 spiro atoms. The highest BCUT2D eigenvalue weighted by atomic mass is 16.3. The Morgan fingerprint density at radius 3 is 2.52 bits per heavy atom. The standard InChI is InChI=1S/C18H16N6O3/c19-8-12-5-6-23(14(7-12)17(20)26)15-9-24(22-16(15)18(21)27)13-3-1-11(10-25)2-4-13/h1-7,9,14,25H,10H2,(H2,20,26)(H2,21,27). The van der Waals surface area contributed by atoms with Crippen LogP contribution in [0.5, 0.6) is 0 Å². The summed E-state index contributed by atoms with van der Waals surface area (Å²) < 4.78 is 1.44. The minimum Gasteiger partial charge on any atom is -0.392 e. The first kappa shape index (κ1) is 17.9. The molecule has 27 heavy (non-hydrogen) atoms. The molecule has 2 amide bonds. The molecule has 136 valence electrons. The number of carbonyl (C=O) groups excluding carboxylic acids is 2. The Morgan fingerprint density at radius 1 is 1.26 bits per heavy atom.